The highest BCUT2D eigenvalue weighted by atomic mass is 127. The number of rotatable bonds is 11. The van der Waals surface area contributed by atoms with Gasteiger partial charge in [0, 0.05) is 22.0 Å². The molecule has 1 aromatic rings. The van der Waals surface area contributed by atoms with E-state index in [1.54, 1.807) is 0 Å². The van der Waals surface area contributed by atoms with Crippen molar-refractivity contribution in [2.75, 3.05) is 20.3 Å². The first-order chi connectivity index (χ1) is 14.5. The first-order valence-corrected chi connectivity index (χ1v) is 10.4. The van der Waals surface area contributed by atoms with Gasteiger partial charge in [-0.3, -0.25) is 14.6 Å². The van der Waals surface area contributed by atoms with Crippen molar-refractivity contribution in [2.45, 2.75) is 38.5 Å². The van der Waals surface area contributed by atoms with Crippen molar-refractivity contribution in [3.8, 4) is 0 Å². The average Bonchev–Trinajstić information content (AvgIpc) is 2.72. The molecule has 0 aliphatic rings. The molecule has 3 unspecified atom stereocenters. The molecule has 1 aromatic carbocycles. The Balaban J connectivity index is 2.73. The topological polar surface area (TPSA) is 152 Å². The van der Waals surface area contributed by atoms with Gasteiger partial charge in [-0.1, -0.05) is 26.0 Å². The number of primary amides is 1. The summed E-state index contributed by atoms with van der Waals surface area (Å²) in [5, 5.41) is 12.7. The van der Waals surface area contributed by atoms with Crippen LogP contribution in [0.1, 0.15) is 19.4 Å². The predicted molar refractivity (Wildman–Crippen MR) is 119 cm³/mol. The lowest BCUT2D eigenvalue weighted by Gasteiger charge is -2.31. The summed E-state index contributed by atoms with van der Waals surface area (Å²) >= 11 is 2.15. The van der Waals surface area contributed by atoms with Gasteiger partial charge in [0.1, 0.15) is 18.2 Å². The van der Waals surface area contributed by atoms with Crippen molar-refractivity contribution < 1.29 is 33.4 Å². The molecule has 0 spiro atoms. The molecule has 0 heterocycles. The van der Waals surface area contributed by atoms with Gasteiger partial charge in [-0.15, -0.1) is 0 Å². The van der Waals surface area contributed by atoms with Crippen LogP contribution in [-0.2, 0) is 20.7 Å². The summed E-state index contributed by atoms with van der Waals surface area (Å²) in [5.41, 5.74) is 9.49. The lowest BCUT2D eigenvalue weighted by Crippen LogP contribution is -2.58. The Morgan fingerprint density at radius 1 is 1.26 bits per heavy atom. The molecule has 0 bridgehead atoms. The number of methoxy groups -OCH3 is 1. The van der Waals surface area contributed by atoms with E-state index in [-0.39, 0.29) is 13.0 Å². The first kappa shape index (κ1) is 26.8. The molecular formula is C19H28FIN4O6. The molecule has 0 aliphatic carbocycles. The molecule has 3 atom stereocenters. The van der Waals surface area contributed by atoms with Gasteiger partial charge in [0.2, 0.25) is 0 Å². The molecule has 0 fully saturated rings. The van der Waals surface area contributed by atoms with Crippen LogP contribution in [0.3, 0.4) is 0 Å². The van der Waals surface area contributed by atoms with Crippen LogP contribution >= 0.6 is 22.6 Å². The minimum absolute atomic E-state index is 0.193. The molecule has 0 aromatic heterocycles. The fourth-order valence-electron chi connectivity index (χ4n) is 2.57. The number of amides is 3. The van der Waals surface area contributed by atoms with Crippen molar-refractivity contribution in [1.82, 2.24) is 16.2 Å². The molecule has 10 nitrogen and oxygen atoms in total. The van der Waals surface area contributed by atoms with Crippen LogP contribution in [0, 0.1) is 8.99 Å². The fraction of sp³-hybridized carbons (Fsp3) is 0.526. The third-order valence-electron chi connectivity index (χ3n) is 4.41. The van der Waals surface area contributed by atoms with Gasteiger partial charge in [-0.05, 0) is 40.3 Å². The molecule has 31 heavy (non-hydrogen) atoms. The van der Waals surface area contributed by atoms with Crippen molar-refractivity contribution in [3.05, 3.63) is 33.4 Å². The number of aliphatic hydroxyl groups excluding tert-OH is 1. The second kappa shape index (κ2) is 12.6. The Hall–Kier alpha value is -2.19. The second-order valence-corrected chi connectivity index (χ2v) is 8.68. The smallest absolute Gasteiger partial charge is 0.407 e. The number of carbonyl (C=O) groups is 3. The van der Waals surface area contributed by atoms with E-state index in [2.05, 4.69) is 43.5 Å². The quantitative estimate of drug-likeness (QED) is 0.202. The maximum atomic E-state index is 13.4. The predicted octanol–water partition coefficient (Wildman–Crippen LogP) is 1.000. The molecule has 6 N–H and O–H groups in total. The van der Waals surface area contributed by atoms with E-state index in [1.165, 1.54) is 13.8 Å². The number of ether oxygens (including phenoxy) is 2. The molecule has 0 saturated heterocycles. The van der Waals surface area contributed by atoms with Crippen molar-refractivity contribution >= 4 is 40.7 Å². The second-order valence-electron chi connectivity index (χ2n) is 7.43. The largest absolute Gasteiger partial charge is 0.453 e. The number of alkyl carbamates (subject to hydrolysis) is 1. The van der Waals surface area contributed by atoms with E-state index in [0.29, 0.717) is 0 Å². The molecule has 0 radical (unpaired) electrons. The number of benzene rings is 1. The molecule has 3 amide bonds. The summed E-state index contributed by atoms with van der Waals surface area (Å²) in [4.78, 5) is 35.2. The van der Waals surface area contributed by atoms with E-state index in [0.717, 1.165) is 16.2 Å². The highest BCUT2D eigenvalue weighted by Gasteiger charge is 2.37. The van der Waals surface area contributed by atoms with E-state index in [1.807, 2.05) is 24.3 Å². The number of nitrogens with two attached hydrogens (primary N) is 1. The zero-order valence-electron chi connectivity index (χ0n) is 17.5. The summed E-state index contributed by atoms with van der Waals surface area (Å²) in [6, 6.07) is 6.12. The van der Waals surface area contributed by atoms with Crippen LogP contribution in [0.5, 0.6) is 0 Å². The minimum Gasteiger partial charge on any atom is -0.453 e. The first-order valence-electron chi connectivity index (χ1n) is 9.32. The summed E-state index contributed by atoms with van der Waals surface area (Å²) in [6.45, 7) is 1.82. The number of alkyl halides is 1. The SMILES string of the molecule is COC(=O)NC(C(=O)NNCC(O)C(Cc1ccc(I)cc1)OC(N)=O)C(C)(C)CF. The number of hydrazine groups is 1. The average molecular weight is 554 g/mol. The number of carbonyl (C=O) groups excluding carboxylic acids is 3. The van der Waals surface area contributed by atoms with Gasteiger partial charge in [-0.2, -0.15) is 0 Å². The Morgan fingerprint density at radius 3 is 2.39 bits per heavy atom. The Bertz CT molecular complexity index is 749. The zero-order valence-corrected chi connectivity index (χ0v) is 19.6. The van der Waals surface area contributed by atoms with Crippen LogP contribution in [0.15, 0.2) is 24.3 Å². The van der Waals surface area contributed by atoms with Crippen LogP contribution in [0.25, 0.3) is 0 Å². The molecule has 1 rings (SSSR count). The highest BCUT2D eigenvalue weighted by Crippen LogP contribution is 2.21. The number of nitrogens with one attached hydrogen (secondary N) is 3. The van der Waals surface area contributed by atoms with Crippen LogP contribution in [0.2, 0.25) is 0 Å². The summed E-state index contributed by atoms with van der Waals surface area (Å²) in [6.07, 6.45) is -3.96. The molecule has 12 heteroatoms. The maximum absolute atomic E-state index is 13.4. The molecule has 174 valence electrons. The lowest BCUT2D eigenvalue weighted by atomic mass is 9.85. The van der Waals surface area contributed by atoms with Crippen LogP contribution < -0.4 is 21.9 Å². The van der Waals surface area contributed by atoms with Gasteiger partial charge in [0.25, 0.3) is 5.91 Å². The van der Waals surface area contributed by atoms with Crippen LogP contribution in [-0.4, -0.2) is 61.8 Å². The van der Waals surface area contributed by atoms with Gasteiger partial charge < -0.3 is 25.6 Å². The monoisotopic (exact) mass is 554 g/mol. The highest BCUT2D eigenvalue weighted by molar-refractivity contribution is 14.1. The van der Waals surface area contributed by atoms with Crippen molar-refractivity contribution in [3.63, 3.8) is 0 Å². The third kappa shape index (κ3) is 9.23. The standard InChI is InChI=1S/C19H28FIN4O6/c1-19(2,10-20)15(24-18(29)30-3)16(27)25-23-9-13(26)14(31-17(22)28)8-11-4-6-12(21)7-5-11/h4-7,13-15,23,26H,8-10H2,1-3H3,(H2,22,28)(H,24,29)(H,25,27). The summed E-state index contributed by atoms with van der Waals surface area (Å²) in [7, 11) is 1.12. The Morgan fingerprint density at radius 2 is 1.87 bits per heavy atom. The van der Waals surface area contributed by atoms with Gasteiger partial charge in [0.05, 0.1) is 13.8 Å². The number of hydrogen-bond donors (Lipinski definition) is 5. The number of halogens is 2. The van der Waals surface area contributed by atoms with E-state index in [9.17, 15) is 23.9 Å². The normalized spacial score (nSPS) is 14.1. The van der Waals surface area contributed by atoms with E-state index in [4.69, 9.17) is 10.5 Å². The number of hydrogen-bond acceptors (Lipinski definition) is 7. The third-order valence-corrected chi connectivity index (χ3v) is 5.12. The Labute approximate surface area is 193 Å². The zero-order chi connectivity index (χ0) is 23.6. The molecular weight excluding hydrogens is 526 g/mol. The van der Waals surface area contributed by atoms with Crippen LogP contribution in [0.4, 0.5) is 14.0 Å². The van der Waals surface area contributed by atoms with Crippen molar-refractivity contribution in [2.24, 2.45) is 11.1 Å². The fourth-order valence-corrected chi connectivity index (χ4v) is 2.93. The number of aliphatic hydroxyl groups is 1. The van der Waals surface area contributed by atoms with E-state index >= 15 is 0 Å². The molecule has 0 saturated carbocycles. The van der Waals surface area contributed by atoms with E-state index < -0.39 is 48.4 Å². The Kier molecular flexibility index (Phi) is 10.9. The minimum atomic E-state index is -1.25. The maximum Gasteiger partial charge on any atom is 0.407 e. The van der Waals surface area contributed by atoms with Gasteiger partial charge >= 0.3 is 12.2 Å². The van der Waals surface area contributed by atoms with Gasteiger partial charge in [-0.25, -0.2) is 15.0 Å². The summed E-state index contributed by atoms with van der Waals surface area (Å²) in [5.74, 6) is -0.745. The van der Waals surface area contributed by atoms with Gasteiger partial charge in [0.15, 0.2) is 0 Å². The summed E-state index contributed by atoms with van der Waals surface area (Å²) < 4.78 is 23.8. The molecule has 0 aliphatic heterocycles. The van der Waals surface area contributed by atoms with Crippen molar-refractivity contribution in [1.29, 1.82) is 0 Å². The lowest BCUT2D eigenvalue weighted by molar-refractivity contribution is -0.127.